The molecule has 0 N–H and O–H groups in total. The van der Waals surface area contributed by atoms with Gasteiger partial charge in [0.25, 0.3) is 0 Å². The van der Waals surface area contributed by atoms with E-state index in [2.05, 4.69) is 15.4 Å². The number of hydrogen-bond acceptors (Lipinski definition) is 7. The summed E-state index contributed by atoms with van der Waals surface area (Å²) in [7, 11) is 1.53. The zero-order valence-corrected chi connectivity index (χ0v) is 14.0. The van der Waals surface area contributed by atoms with Gasteiger partial charge in [0.2, 0.25) is 17.7 Å². The molecule has 1 aliphatic heterocycles. The summed E-state index contributed by atoms with van der Waals surface area (Å²) in [6.07, 6.45) is 0.985. The van der Waals surface area contributed by atoms with E-state index in [1.165, 1.54) is 7.11 Å². The first kappa shape index (κ1) is 16.2. The lowest BCUT2D eigenvalue weighted by atomic mass is 10.1. The van der Waals surface area contributed by atoms with Gasteiger partial charge < -0.3 is 18.9 Å². The molecule has 1 aliphatic rings. The largest absolute Gasteiger partial charge is 0.480 e. The van der Waals surface area contributed by atoms with Gasteiger partial charge in [0.1, 0.15) is 11.9 Å². The number of methoxy groups -OCH3 is 1. The summed E-state index contributed by atoms with van der Waals surface area (Å²) >= 11 is 0. The van der Waals surface area contributed by atoms with Gasteiger partial charge in [0.05, 0.1) is 25.8 Å². The van der Waals surface area contributed by atoms with Gasteiger partial charge in [-0.2, -0.15) is 0 Å². The van der Waals surface area contributed by atoms with E-state index in [-0.39, 0.29) is 12.0 Å². The molecule has 3 rings (SSSR count). The molecular formula is C16H20N4O4. The molecule has 0 spiro atoms. The van der Waals surface area contributed by atoms with E-state index in [0.29, 0.717) is 37.0 Å². The van der Waals surface area contributed by atoms with Gasteiger partial charge in [0.15, 0.2) is 0 Å². The van der Waals surface area contributed by atoms with Gasteiger partial charge in [-0.05, 0) is 13.8 Å². The maximum absolute atomic E-state index is 12.5. The first-order valence-electron chi connectivity index (χ1n) is 7.80. The molecule has 0 radical (unpaired) electrons. The summed E-state index contributed by atoms with van der Waals surface area (Å²) in [5, 5.41) is 11.7. The molecule has 2 aromatic rings. The van der Waals surface area contributed by atoms with E-state index in [4.69, 9.17) is 14.0 Å². The normalized spacial score (nSPS) is 17.1. The van der Waals surface area contributed by atoms with Crippen molar-refractivity contribution in [3.63, 3.8) is 0 Å². The molecule has 3 heterocycles. The summed E-state index contributed by atoms with van der Waals surface area (Å²) in [6.45, 7) is 4.87. The third-order valence-corrected chi connectivity index (χ3v) is 4.12. The minimum absolute atomic E-state index is 0.0521. The van der Waals surface area contributed by atoms with Crippen LogP contribution in [0.5, 0.6) is 11.8 Å². The molecule has 0 unspecified atom stereocenters. The van der Waals surface area contributed by atoms with Crippen LogP contribution >= 0.6 is 0 Å². The third-order valence-electron chi connectivity index (χ3n) is 4.12. The Labute approximate surface area is 139 Å². The average Bonchev–Trinajstić information content (AvgIpc) is 3.17. The highest BCUT2D eigenvalue weighted by Gasteiger charge is 2.29. The molecule has 0 aromatic carbocycles. The van der Waals surface area contributed by atoms with E-state index in [1.54, 1.807) is 17.0 Å². The van der Waals surface area contributed by atoms with Crippen LogP contribution in [0.1, 0.15) is 23.4 Å². The van der Waals surface area contributed by atoms with Crippen LogP contribution in [0.2, 0.25) is 0 Å². The zero-order valence-electron chi connectivity index (χ0n) is 14.0. The Hall–Kier alpha value is -2.64. The maximum atomic E-state index is 12.5. The third kappa shape index (κ3) is 3.47. The Kier molecular flexibility index (Phi) is 4.64. The highest BCUT2D eigenvalue weighted by Crippen LogP contribution is 2.20. The number of hydrogen-bond donors (Lipinski definition) is 0. The standard InChI is InChI=1S/C16H20N4O4/c1-10-13(11(2)24-19-10)8-16(21)20-7-6-12(9-20)23-15-5-4-14(22-3)17-18-15/h4-5,12H,6-9H2,1-3H3/t12-/m0/s1. The number of nitrogens with zero attached hydrogens (tertiary/aromatic N) is 4. The highest BCUT2D eigenvalue weighted by atomic mass is 16.5. The Morgan fingerprint density at radius 2 is 2.08 bits per heavy atom. The van der Waals surface area contributed by atoms with Crippen LogP contribution in [-0.2, 0) is 11.2 Å². The number of carbonyl (C=O) groups excluding carboxylic acids is 1. The minimum atomic E-state index is -0.0821. The van der Waals surface area contributed by atoms with E-state index >= 15 is 0 Å². The molecule has 1 atom stereocenters. The van der Waals surface area contributed by atoms with Crippen molar-refractivity contribution in [2.75, 3.05) is 20.2 Å². The summed E-state index contributed by atoms with van der Waals surface area (Å²) in [5.41, 5.74) is 1.63. The van der Waals surface area contributed by atoms with Crippen molar-refractivity contribution in [2.45, 2.75) is 32.8 Å². The van der Waals surface area contributed by atoms with Crippen molar-refractivity contribution in [2.24, 2.45) is 0 Å². The van der Waals surface area contributed by atoms with E-state index in [9.17, 15) is 4.79 Å². The second kappa shape index (κ2) is 6.86. The van der Waals surface area contributed by atoms with Crippen LogP contribution in [0.15, 0.2) is 16.7 Å². The average molecular weight is 332 g/mol. The molecule has 0 saturated carbocycles. The fourth-order valence-electron chi connectivity index (χ4n) is 2.72. The molecule has 0 aliphatic carbocycles. The SMILES string of the molecule is COc1ccc(O[C@H]2CCN(C(=O)Cc3c(C)noc3C)C2)nn1. The molecule has 8 nitrogen and oxygen atoms in total. The summed E-state index contributed by atoms with van der Waals surface area (Å²) < 4.78 is 15.9. The number of carbonyl (C=O) groups is 1. The molecule has 0 bridgehead atoms. The zero-order chi connectivity index (χ0) is 17.1. The molecule has 1 fully saturated rings. The molecular weight excluding hydrogens is 312 g/mol. The van der Waals surface area contributed by atoms with Crippen LogP contribution in [0.4, 0.5) is 0 Å². The van der Waals surface area contributed by atoms with Crippen molar-refractivity contribution >= 4 is 5.91 Å². The number of likely N-dealkylation sites (tertiary alicyclic amines) is 1. The number of rotatable bonds is 5. The lowest BCUT2D eigenvalue weighted by Crippen LogP contribution is -2.32. The Balaban J connectivity index is 1.55. The first-order valence-corrected chi connectivity index (χ1v) is 7.80. The van der Waals surface area contributed by atoms with Crippen molar-refractivity contribution in [1.29, 1.82) is 0 Å². The van der Waals surface area contributed by atoms with Gasteiger partial charge >= 0.3 is 0 Å². The fourth-order valence-corrected chi connectivity index (χ4v) is 2.72. The van der Waals surface area contributed by atoms with Gasteiger partial charge in [-0.15, -0.1) is 10.2 Å². The topological polar surface area (TPSA) is 90.6 Å². The molecule has 1 amide bonds. The Morgan fingerprint density at radius 1 is 1.33 bits per heavy atom. The van der Waals surface area contributed by atoms with E-state index in [0.717, 1.165) is 17.7 Å². The monoisotopic (exact) mass is 332 g/mol. The van der Waals surface area contributed by atoms with Crippen LogP contribution in [0, 0.1) is 13.8 Å². The highest BCUT2D eigenvalue weighted by molar-refractivity contribution is 5.79. The van der Waals surface area contributed by atoms with Crippen molar-refractivity contribution in [3.05, 3.63) is 29.2 Å². The molecule has 2 aromatic heterocycles. The fraction of sp³-hybridized carbons (Fsp3) is 0.500. The maximum Gasteiger partial charge on any atom is 0.233 e. The number of aromatic nitrogens is 3. The number of aryl methyl sites for hydroxylation is 2. The molecule has 1 saturated heterocycles. The number of ether oxygens (including phenoxy) is 2. The van der Waals surface area contributed by atoms with Gasteiger partial charge in [0, 0.05) is 30.7 Å². The van der Waals surface area contributed by atoms with Gasteiger partial charge in [-0.1, -0.05) is 5.16 Å². The Bertz CT molecular complexity index is 694. The van der Waals surface area contributed by atoms with Crippen molar-refractivity contribution < 1.29 is 18.8 Å². The predicted octanol–water partition coefficient (Wildman–Crippen LogP) is 1.31. The minimum Gasteiger partial charge on any atom is -0.480 e. The lowest BCUT2D eigenvalue weighted by Gasteiger charge is -2.16. The predicted molar refractivity (Wildman–Crippen MR) is 83.9 cm³/mol. The number of amides is 1. The van der Waals surface area contributed by atoms with E-state index < -0.39 is 0 Å². The van der Waals surface area contributed by atoms with Crippen molar-refractivity contribution in [1.82, 2.24) is 20.3 Å². The summed E-state index contributed by atoms with van der Waals surface area (Å²) in [4.78, 5) is 14.3. The molecule has 128 valence electrons. The smallest absolute Gasteiger partial charge is 0.233 e. The lowest BCUT2D eigenvalue weighted by molar-refractivity contribution is -0.129. The van der Waals surface area contributed by atoms with Gasteiger partial charge in [-0.3, -0.25) is 4.79 Å². The summed E-state index contributed by atoms with van der Waals surface area (Å²) in [5.74, 6) is 1.61. The molecule has 8 heteroatoms. The quantitative estimate of drug-likeness (QED) is 0.815. The van der Waals surface area contributed by atoms with Crippen molar-refractivity contribution in [3.8, 4) is 11.8 Å². The summed E-state index contributed by atoms with van der Waals surface area (Å²) in [6, 6.07) is 3.40. The second-order valence-corrected chi connectivity index (χ2v) is 5.76. The first-order chi connectivity index (χ1) is 11.6. The second-order valence-electron chi connectivity index (χ2n) is 5.76. The Morgan fingerprint density at radius 3 is 2.71 bits per heavy atom. The van der Waals surface area contributed by atoms with Gasteiger partial charge in [-0.25, -0.2) is 0 Å². The van der Waals surface area contributed by atoms with E-state index in [1.807, 2.05) is 13.8 Å². The van der Waals surface area contributed by atoms with Crippen LogP contribution in [-0.4, -0.2) is 52.5 Å². The van der Waals surface area contributed by atoms with Crippen LogP contribution in [0.25, 0.3) is 0 Å². The molecule has 24 heavy (non-hydrogen) atoms. The van der Waals surface area contributed by atoms with Crippen LogP contribution in [0.3, 0.4) is 0 Å². The van der Waals surface area contributed by atoms with Crippen LogP contribution < -0.4 is 9.47 Å².